The van der Waals surface area contributed by atoms with E-state index in [1.54, 1.807) is 24.3 Å². The van der Waals surface area contributed by atoms with Gasteiger partial charge in [0.15, 0.2) is 0 Å². The molecule has 0 atom stereocenters. The minimum Gasteiger partial charge on any atom is -0.272 e. The fourth-order valence-electron chi connectivity index (χ4n) is 2.88. The fourth-order valence-corrected chi connectivity index (χ4v) is 3.33. The Labute approximate surface area is 183 Å². The molecule has 0 unspecified atom stereocenters. The Morgan fingerprint density at radius 2 is 1.60 bits per heavy atom. The summed E-state index contributed by atoms with van der Waals surface area (Å²) in [6.07, 6.45) is 1.45. The fraction of sp³-hybridized carbons (Fsp3) is 0. The van der Waals surface area contributed by atoms with Gasteiger partial charge in [0, 0.05) is 16.1 Å². The number of halogens is 2. The maximum absolute atomic E-state index is 12.3. The summed E-state index contributed by atoms with van der Waals surface area (Å²) < 4.78 is 0. The summed E-state index contributed by atoms with van der Waals surface area (Å²) in [7, 11) is 0. The van der Waals surface area contributed by atoms with Crippen LogP contribution in [0, 0.1) is 0 Å². The molecule has 2 N–H and O–H groups in total. The number of hydrogen-bond acceptors (Lipinski definition) is 3. The van der Waals surface area contributed by atoms with Gasteiger partial charge in [-0.3, -0.25) is 9.89 Å². The molecular weight excluding hydrogens is 419 g/mol. The first-order valence-corrected chi connectivity index (χ1v) is 9.85. The van der Waals surface area contributed by atoms with Crippen molar-refractivity contribution in [2.75, 3.05) is 0 Å². The number of nitrogens with zero attached hydrogens (tertiary/aromatic N) is 2. The van der Waals surface area contributed by atoms with Crippen LogP contribution in [0.1, 0.15) is 16.1 Å². The Morgan fingerprint density at radius 1 is 0.900 bits per heavy atom. The van der Waals surface area contributed by atoms with E-state index in [-0.39, 0.29) is 0 Å². The predicted molar refractivity (Wildman–Crippen MR) is 121 cm³/mol. The predicted octanol–water partition coefficient (Wildman–Crippen LogP) is 5.81. The van der Waals surface area contributed by atoms with E-state index in [2.05, 4.69) is 32.9 Å². The highest BCUT2D eigenvalue weighted by Crippen LogP contribution is 2.24. The molecule has 1 amide bonds. The summed E-state index contributed by atoms with van der Waals surface area (Å²) in [5, 5.41) is 11.9. The lowest BCUT2D eigenvalue weighted by molar-refractivity contribution is 0.0950. The molecule has 1 heterocycles. The minimum absolute atomic E-state index is 0.302. The second kappa shape index (κ2) is 8.95. The Kier molecular flexibility index (Phi) is 5.93. The summed E-state index contributed by atoms with van der Waals surface area (Å²) >= 11 is 11.9. The average Bonchev–Trinajstić information content (AvgIpc) is 3.26. The van der Waals surface area contributed by atoms with Crippen molar-refractivity contribution in [2.45, 2.75) is 0 Å². The number of aromatic amines is 1. The molecule has 0 aliphatic rings. The highest BCUT2D eigenvalue weighted by Gasteiger charge is 2.11. The second-order valence-electron chi connectivity index (χ2n) is 6.48. The number of H-pyrrole nitrogens is 1. The third kappa shape index (κ3) is 4.59. The second-order valence-corrected chi connectivity index (χ2v) is 7.32. The molecule has 0 saturated heterocycles. The summed E-state index contributed by atoms with van der Waals surface area (Å²) in [5.74, 6) is -0.406. The van der Waals surface area contributed by atoms with Gasteiger partial charge in [0.2, 0.25) is 0 Å². The Hall–Kier alpha value is -3.41. The van der Waals surface area contributed by atoms with Crippen LogP contribution in [0.2, 0.25) is 10.0 Å². The van der Waals surface area contributed by atoms with Gasteiger partial charge in [0.05, 0.1) is 16.9 Å². The highest BCUT2D eigenvalue weighted by atomic mass is 35.5. The van der Waals surface area contributed by atoms with Gasteiger partial charge in [-0.1, -0.05) is 83.9 Å². The number of carbonyl (C=O) groups excluding carboxylic acids is 1. The van der Waals surface area contributed by atoms with E-state index in [1.807, 2.05) is 42.5 Å². The maximum Gasteiger partial charge on any atom is 0.289 e. The molecule has 1 aromatic heterocycles. The van der Waals surface area contributed by atoms with Gasteiger partial charge >= 0.3 is 0 Å². The average molecular weight is 435 g/mol. The molecule has 0 saturated carbocycles. The van der Waals surface area contributed by atoms with Crippen molar-refractivity contribution in [3.63, 3.8) is 0 Å². The zero-order valence-electron chi connectivity index (χ0n) is 15.6. The van der Waals surface area contributed by atoms with Crippen LogP contribution in [0.5, 0.6) is 0 Å². The number of nitrogens with one attached hydrogen (secondary N) is 2. The molecule has 0 aliphatic heterocycles. The molecule has 148 valence electrons. The lowest BCUT2D eigenvalue weighted by atomic mass is 10.0. The molecule has 0 aliphatic carbocycles. The van der Waals surface area contributed by atoms with Gasteiger partial charge < -0.3 is 0 Å². The van der Waals surface area contributed by atoms with Crippen LogP contribution >= 0.6 is 23.2 Å². The Bertz CT molecular complexity index is 1200. The van der Waals surface area contributed by atoms with Gasteiger partial charge in [0.25, 0.3) is 5.91 Å². The van der Waals surface area contributed by atoms with E-state index in [9.17, 15) is 4.79 Å². The maximum atomic E-state index is 12.3. The van der Waals surface area contributed by atoms with Gasteiger partial charge in [-0.25, -0.2) is 5.43 Å². The van der Waals surface area contributed by atoms with E-state index in [4.69, 9.17) is 23.2 Å². The Morgan fingerprint density at radius 3 is 2.33 bits per heavy atom. The van der Waals surface area contributed by atoms with E-state index in [0.29, 0.717) is 27.0 Å². The molecule has 0 fully saturated rings. The zero-order valence-corrected chi connectivity index (χ0v) is 17.2. The summed E-state index contributed by atoms with van der Waals surface area (Å²) in [4.78, 5) is 12.3. The van der Waals surface area contributed by atoms with Crippen LogP contribution in [0.3, 0.4) is 0 Å². The number of benzene rings is 3. The van der Waals surface area contributed by atoms with Crippen molar-refractivity contribution in [1.82, 2.24) is 15.6 Å². The van der Waals surface area contributed by atoms with E-state index < -0.39 is 5.91 Å². The summed E-state index contributed by atoms with van der Waals surface area (Å²) in [6, 6.07) is 24.8. The SMILES string of the molecule is O=C(NN=Cc1ccc(Cl)cc1Cl)c1cc(-c2ccc(-c3ccccc3)cc2)n[nH]1. The summed E-state index contributed by atoms with van der Waals surface area (Å²) in [5.41, 5.74) is 7.23. The van der Waals surface area contributed by atoms with Crippen molar-refractivity contribution in [2.24, 2.45) is 5.10 Å². The van der Waals surface area contributed by atoms with Crippen molar-refractivity contribution in [1.29, 1.82) is 0 Å². The van der Waals surface area contributed by atoms with Gasteiger partial charge in [-0.2, -0.15) is 10.2 Å². The van der Waals surface area contributed by atoms with Gasteiger partial charge in [-0.05, 0) is 29.3 Å². The molecule has 30 heavy (non-hydrogen) atoms. The molecular formula is C23H16Cl2N4O. The number of rotatable bonds is 5. The lowest BCUT2D eigenvalue weighted by Crippen LogP contribution is -2.18. The largest absolute Gasteiger partial charge is 0.289 e. The third-order valence-corrected chi connectivity index (χ3v) is 5.00. The van der Waals surface area contributed by atoms with Crippen molar-refractivity contribution in [3.8, 4) is 22.4 Å². The molecule has 3 aromatic carbocycles. The first-order valence-electron chi connectivity index (χ1n) is 9.10. The summed E-state index contributed by atoms with van der Waals surface area (Å²) in [6.45, 7) is 0. The number of amides is 1. The van der Waals surface area contributed by atoms with Crippen molar-refractivity contribution in [3.05, 3.63) is 100 Å². The van der Waals surface area contributed by atoms with Crippen molar-refractivity contribution >= 4 is 35.3 Å². The van der Waals surface area contributed by atoms with Crippen LogP contribution in [-0.4, -0.2) is 22.3 Å². The highest BCUT2D eigenvalue weighted by molar-refractivity contribution is 6.36. The van der Waals surface area contributed by atoms with Crippen LogP contribution in [0.15, 0.2) is 84.0 Å². The number of hydrogen-bond donors (Lipinski definition) is 2. The van der Waals surface area contributed by atoms with E-state index in [1.165, 1.54) is 6.21 Å². The number of carbonyl (C=O) groups is 1. The lowest BCUT2D eigenvalue weighted by Gasteiger charge is -2.02. The van der Waals surface area contributed by atoms with Gasteiger partial charge in [0.1, 0.15) is 5.69 Å². The first-order chi connectivity index (χ1) is 14.6. The standard InChI is InChI=1S/C23H16Cl2N4O/c24-19-11-10-18(20(25)12-19)14-26-29-23(30)22-13-21(27-28-22)17-8-6-16(7-9-17)15-4-2-1-3-5-15/h1-14H,(H,27,28)(H,29,30). The molecule has 7 heteroatoms. The third-order valence-electron chi connectivity index (χ3n) is 4.44. The Balaban J connectivity index is 1.43. The van der Waals surface area contributed by atoms with E-state index in [0.717, 1.165) is 16.7 Å². The quantitative estimate of drug-likeness (QED) is 0.307. The molecule has 5 nitrogen and oxygen atoms in total. The smallest absolute Gasteiger partial charge is 0.272 e. The molecule has 4 aromatic rings. The monoisotopic (exact) mass is 434 g/mol. The van der Waals surface area contributed by atoms with E-state index >= 15 is 0 Å². The minimum atomic E-state index is -0.406. The zero-order chi connectivity index (χ0) is 20.9. The molecule has 0 spiro atoms. The normalized spacial score (nSPS) is 11.0. The van der Waals surface area contributed by atoms with Crippen LogP contribution in [0.4, 0.5) is 0 Å². The molecule has 0 bridgehead atoms. The van der Waals surface area contributed by atoms with Crippen molar-refractivity contribution < 1.29 is 4.79 Å². The topological polar surface area (TPSA) is 70.1 Å². The van der Waals surface area contributed by atoms with Crippen LogP contribution in [-0.2, 0) is 0 Å². The number of aromatic nitrogens is 2. The molecule has 0 radical (unpaired) electrons. The molecule has 4 rings (SSSR count). The number of hydrazone groups is 1. The van der Waals surface area contributed by atoms with Gasteiger partial charge in [-0.15, -0.1) is 0 Å². The van der Waals surface area contributed by atoms with Crippen LogP contribution in [0.25, 0.3) is 22.4 Å². The van der Waals surface area contributed by atoms with Crippen LogP contribution < -0.4 is 5.43 Å². The first kappa shape index (κ1) is 19.9.